The first-order chi connectivity index (χ1) is 21.2. The number of hydrogen-bond donors (Lipinski definition) is 2. The minimum atomic E-state index is -3.84. The summed E-state index contributed by atoms with van der Waals surface area (Å²) in [6.07, 6.45) is 4.86. The van der Waals surface area contributed by atoms with Gasteiger partial charge < -0.3 is 14.5 Å². The minimum Gasteiger partial charge on any atom is -0.483 e. The molecule has 0 aliphatic carbocycles. The third kappa shape index (κ3) is 7.69. The standard InChI is InChI=1S/C31H27N5O6S2/c1-21-7-2-3-9-23(21)18-33-35-31-36(19-25-10-6-16-41-25)30(38)28(43-31)17-22-8-4-5-11-27(22)42-20-29(37)34-24-12-14-26(15-13-24)44(32,39)40/h2-18H,19-20H2,1H3,(H,34,37)(H2,32,39,40)/b28-17-,33-18-,35-31+. The topological polar surface area (TPSA) is 157 Å². The van der Waals surface area contributed by atoms with E-state index in [1.165, 1.54) is 47.2 Å². The molecule has 4 aromatic rings. The number of furan rings is 1. The van der Waals surface area contributed by atoms with Crippen LogP contribution in [0, 0.1) is 6.92 Å². The maximum Gasteiger partial charge on any atom is 0.267 e. The second-order valence-electron chi connectivity index (χ2n) is 9.51. The van der Waals surface area contributed by atoms with Gasteiger partial charge in [0.15, 0.2) is 11.8 Å². The smallest absolute Gasteiger partial charge is 0.267 e. The zero-order chi connectivity index (χ0) is 31.1. The number of amides is 2. The fourth-order valence-corrected chi connectivity index (χ4v) is 5.53. The molecule has 224 valence electrons. The molecule has 1 aliphatic rings. The Morgan fingerprint density at radius 3 is 2.45 bits per heavy atom. The Bertz CT molecular complexity index is 1870. The number of ether oxygens (including phenoxy) is 1. The Kier molecular flexibility index (Phi) is 9.38. The molecule has 1 fully saturated rings. The molecular formula is C31H27N5O6S2. The van der Waals surface area contributed by atoms with Crippen molar-refractivity contribution in [2.75, 3.05) is 11.9 Å². The van der Waals surface area contributed by atoms with E-state index < -0.39 is 15.9 Å². The van der Waals surface area contributed by atoms with Crippen LogP contribution in [-0.2, 0) is 26.2 Å². The monoisotopic (exact) mass is 629 g/mol. The van der Waals surface area contributed by atoms with E-state index in [0.717, 1.165) is 11.1 Å². The maximum absolute atomic E-state index is 13.5. The lowest BCUT2D eigenvalue weighted by Crippen LogP contribution is -2.28. The van der Waals surface area contributed by atoms with Gasteiger partial charge in [-0.15, -0.1) is 5.10 Å². The molecule has 0 spiro atoms. The molecule has 0 unspecified atom stereocenters. The number of primary sulfonamides is 1. The van der Waals surface area contributed by atoms with Crippen LogP contribution in [-0.4, -0.2) is 43.1 Å². The number of carbonyl (C=O) groups is 2. The Morgan fingerprint density at radius 1 is 1.02 bits per heavy atom. The first-order valence-electron chi connectivity index (χ1n) is 13.2. The molecule has 11 nitrogen and oxygen atoms in total. The van der Waals surface area contributed by atoms with Crippen molar-refractivity contribution in [2.24, 2.45) is 15.3 Å². The molecule has 13 heteroatoms. The summed E-state index contributed by atoms with van der Waals surface area (Å²) in [6, 6.07) is 23.7. The molecule has 2 heterocycles. The van der Waals surface area contributed by atoms with E-state index in [9.17, 15) is 18.0 Å². The van der Waals surface area contributed by atoms with Gasteiger partial charge in [-0.3, -0.25) is 14.5 Å². The van der Waals surface area contributed by atoms with Gasteiger partial charge in [0.2, 0.25) is 10.0 Å². The number of nitrogens with two attached hydrogens (primary N) is 1. The Morgan fingerprint density at radius 2 is 1.75 bits per heavy atom. The number of thioether (sulfide) groups is 1. The van der Waals surface area contributed by atoms with E-state index in [4.69, 9.17) is 14.3 Å². The van der Waals surface area contributed by atoms with Crippen molar-refractivity contribution in [3.05, 3.63) is 119 Å². The molecule has 3 N–H and O–H groups in total. The average Bonchev–Trinajstić information content (AvgIpc) is 3.62. The van der Waals surface area contributed by atoms with Crippen LogP contribution < -0.4 is 15.2 Å². The van der Waals surface area contributed by atoms with Gasteiger partial charge in [0.1, 0.15) is 11.5 Å². The second-order valence-corrected chi connectivity index (χ2v) is 12.1. The fraction of sp³-hybridized carbons (Fsp3) is 0.0968. The lowest BCUT2D eigenvalue weighted by atomic mass is 10.1. The highest BCUT2D eigenvalue weighted by molar-refractivity contribution is 8.18. The summed E-state index contributed by atoms with van der Waals surface area (Å²) in [5.41, 5.74) is 2.92. The van der Waals surface area contributed by atoms with Crippen LogP contribution in [0.3, 0.4) is 0 Å². The van der Waals surface area contributed by atoms with Crippen LogP contribution in [0.2, 0.25) is 0 Å². The number of amidine groups is 1. The van der Waals surface area contributed by atoms with Crippen LogP contribution in [0.25, 0.3) is 6.08 Å². The third-order valence-corrected chi connectivity index (χ3v) is 8.27. The summed E-state index contributed by atoms with van der Waals surface area (Å²) in [5.74, 6) is 0.220. The van der Waals surface area contributed by atoms with Crippen LogP contribution in [0.4, 0.5) is 5.69 Å². The lowest BCUT2D eigenvalue weighted by Gasteiger charge is -2.12. The summed E-state index contributed by atoms with van der Waals surface area (Å²) >= 11 is 1.17. The number of rotatable bonds is 10. The van der Waals surface area contributed by atoms with E-state index in [1.807, 2.05) is 31.2 Å². The molecule has 0 saturated carbocycles. The SMILES string of the molecule is Cc1ccccc1/C=N\N=C1\S/C(=C\c2ccccc2OCC(=O)Nc2ccc(S(N)(=O)=O)cc2)C(=O)N1Cc1ccco1. The van der Waals surface area contributed by atoms with Crippen molar-refractivity contribution in [1.82, 2.24) is 4.90 Å². The molecule has 2 amide bonds. The van der Waals surface area contributed by atoms with E-state index in [0.29, 0.717) is 32.8 Å². The first kappa shape index (κ1) is 30.5. The van der Waals surface area contributed by atoms with Crippen molar-refractivity contribution in [3.63, 3.8) is 0 Å². The van der Waals surface area contributed by atoms with Gasteiger partial charge in [0.25, 0.3) is 11.8 Å². The van der Waals surface area contributed by atoms with Crippen molar-refractivity contribution in [1.29, 1.82) is 0 Å². The van der Waals surface area contributed by atoms with Gasteiger partial charge in [-0.05, 0) is 78.4 Å². The number of aryl methyl sites for hydroxylation is 1. The van der Waals surface area contributed by atoms with E-state index in [-0.39, 0.29) is 24.0 Å². The third-order valence-electron chi connectivity index (χ3n) is 6.34. The summed E-state index contributed by atoms with van der Waals surface area (Å²) in [7, 11) is -3.84. The minimum absolute atomic E-state index is 0.0675. The van der Waals surface area contributed by atoms with Gasteiger partial charge in [-0.1, -0.05) is 42.5 Å². The van der Waals surface area contributed by atoms with Crippen molar-refractivity contribution in [2.45, 2.75) is 18.4 Å². The molecule has 0 bridgehead atoms. The van der Waals surface area contributed by atoms with Crippen molar-refractivity contribution >= 4 is 56.7 Å². The average molecular weight is 630 g/mol. The van der Waals surface area contributed by atoms with Crippen LogP contribution in [0.15, 0.2) is 116 Å². The number of para-hydroxylation sites is 1. The highest BCUT2D eigenvalue weighted by atomic mass is 32.2. The number of sulfonamides is 1. The summed E-state index contributed by atoms with van der Waals surface area (Å²) in [5, 5.41) is 16.7. The number of nitrogens with zero attached hydrogens (tertiary/aromatic N) is 3. The fourth-order valence-electron chi connectivity index (χ4n) is 4.09. The van der Waals surface area contributed by atoms with Gasteiger partial charge in [0.05, 0.1) is 28.8 Å². The molecule has 1 aromatic heterocycles. The quantitative estimate of drug-likeness (QED) is 0.146. The molecular weight excluding hydrogens is 603 g/mol. The number of anilines is 1. The van der Waals surface area contributed by atoms with Gasteiger partial charge in [-0.25, -0.2) is 13.6 Å². The predicted octanol–water partition coefficient (Wildman–Crippen LogP) is 4.76. The Balaban J connectivity index is 1.32. The number of hydrogen-bond acceptors (Lipinski definition) is 9. The van der Waals surface area contributed by atoms with Crippen molar-refractivity contribution < 1.29 is 27.2 Å². The summed E-state index contributed by atoms with van der Waals surface area (Å²) < 4.78 is 34.1. The van der Waals surface area contributed by atoms with E-state index in [1.54, 1.807) is 48.7 Å². The van der Waals surface area contributed by atoms with Crippen LogP contribution in [0.1, 0.15) is 22.5 Å². The molecule has 5 rings (SSSR count). The Hall–Kier alpha value is -4.98. The first-order valence-corrected chi connectivity index (χ1v) is 15.6. The number of benzene rings is 3. The molecule has 44 heavy (non-hydrogen) atoms. The molecule has 1 aliphatic heterocycles. The van der Waals surface area contributed by atoms with Gasteiger partial charge in [-0.2, -0.15) is 5.10 Å². The van der Waals surface area contributed by atoms with Crippen LogP contribution in [0.5, 0.6) is 5.75 Å². The molecule has 1 saturated heterocycles. The molecule has 0 atom stereocenters. The second kappa shape index (κ2) is 13.5. The van der Waals surface area contributed by atoms with Gasteiger partial charge >= 0.3 is 0 Å². The number of carbonyl (C=O) groups excluding carboxylic acids is 2. The molecule has 3 aromatic carbocycles. The van der Waals surface area contributed by atoms with Crippen LogP contribution >= 0.6 is 11.8 Å². The molecule has 0 radical (unpaired) electrons. The largest absolute Gasteiger partial charge is 0.483 e. The highest BCUT2D eigenvalue weighted by Gasteiger charge is 2.34. The zero-order valence-electron chi connectivity index (χ0n) is 23.4. The predicted molar refractivity (Wildman–Crippen MR) is 169 cm³/mol. The van der Waals surface area contributed by atoms with E-state index in [2.05, 4.69) is 15.5 Å². The van der Waals surface area contributed by atoms with Gasteiger partial charge in [0, 0.05) is 11.3 Å². The van der Waals surface area contributed by atoms with E-state index >= 15 is 0 Å². The Labute approximate surface area is 258 Å². The number of nitrogens with one attached hydrogen (secondary N) is 1. The van der Waals surface area contributed by atoms with Crippen molar-refractivity contribution in [3.8, 4) is 5.75 Å². The summed E-state index contributed by atoms with van der Waals surface area (Å²) in [6.45, 7) is 1.82. The highest BCUT2D eigenvalue weighted by Crippen LogP contribution is 2.35. The maximum atomic E-state index is 13.5. The normalized spacial score (nSPS) is 15.4. The zero-order valence-corrected chi connectivity index (χ0v) is 25.0. The lowest BCUT2D eigenvalue weighted by molar-refractivity contribution is -0.122. The summed E-state index contributed by atoms with van der Waals surface area (Å²) in [4.78, 5) is 27.9.